The molecule has 0 N–H and O–H groups in total. The number of anilines is 2. The average Bonchev–Trinajstić information content (AvgIpc) is 2.77. The second-order valence-corrected chi connectivity index (χ2v) is 7.86. The van der Waals surface area contributed by atoms with Crippen molar-refractivity contribution in [2.75, 3.05) is 19.1 Å². The van der Waals surface area contributed by atoms with Crippen molar-refractivity contribution in [1.29, 1.82) is 5.26 Å². The largest absolute Gasteiger partial charge is 0.497 e. The third-order valence-electron chi connectivity index (χ3n) is 5.03. The van der Waals surface area contributed by atoms with E-state index in [0.717, 1.165) is 22.7 Å². The van der Waals surface area contributed by atoms with Crippen molar-refractivity contribution in [3.05, 3.63) is 94.7 Å². The molecule has 0 fully saturated rings. The molecule has 31 heavy (non-hydrogen) atoms. The van der Waals surface area contributed by atoms with E-state index in [-0.39, 0.29) is 5.70 Å². The lowest BCUT2D eigenvalue weighted by atomic mass is 9.93. The van der Waals surface area contributed by atoms with Crippen LogP contribution in [-0.2, 0) is 4.74 Å². The Bertz CT molecular complexity index is 1090. The van der Waals surface area contributed by atoms with Crippen molar-refractivity contribution in [2.24, 2.45) is 0 Å². The number of rotatable bonds is 5. The normalized spacial score (nSPS) is 16.5. The van der Waals surface area contributed by atoms with Crippen molar-refractivity contribution in [2.45, 2.75) is 25.9 Å². The highest BCUT2D eigenvalue weighted by molar-refractivity contribution is 5.65. The zero-order valence-corrected chi connectivity index (χ0v) is 18.2. The Hall–Kier alpha value is -3.96. The lowest BCUT2D eigenvalue weighted by molar-refractivity contribution is 0.0356. The van der Waals surface area contributed by atoms with Gasteiger partial charge in [-0.05, 0) is 73.5 Å². The van der Waals surface area contributed by atoms with Crippen molar-refractivity contribution in [1.82, 2.24) is 0 Å². The lowest BCUT2D eigenvalue weighted by Gasteiger charge is -2.32. The summed E-state index contributed by atoms with van der Waals surface area (Å²) in [5.74, 6) is 1.47. The highest BCUT2D eigenvalue weighted by Gasteiger charge is 2.27. The summed E-state index contributed by atoms with van der Waals surface area (Å²) < 4.78 is 11.2. The first kappa shape index (κ1) is 21.7. The van der Waals surface area contributed by atoms with Crippen LogP contribution in [0.15, 0.2) is 77.7 Å². The van der Waals surface area contributed by atoms with Gasteiger partial charge >= 0.3 is 0 Å². The standard InChI is InChI=1S/C26H25N3O2/c1-26(2)17-20(25(18-27)28-3)16-24(31-26)13-8-19-6-9-21(10-7-19)29(4)22-11-14-23(30-5)15-12-22/h6-16H,17H2,1-2,4-5H3. The topological polar surface area (TPSA) is 49.9 Å². The van der Waals surface area contributed by atoms with E-state index in [1.54, 1.807) is 13.2 Å². The summed E-state index contributed by atoms with van der Waals surface area (Å²) >= 11 is 0. The monoisotopic (exact) mass is 411 g/mol. The minimum Gasteiger partial charge on any atom is -0.497 e. The summed E-state index contributed by atoms with van der Waals surface area (Å²) in [5.41, 5.74) is 3.52. The minimum absolute atomic E-state index is 0.119. The maximum absolute atomic E-state index is 9.20. The maximum Gasteiger partial charge on any atom is 0.265 e. The molecular weight excluding hydrogens is 386 g/mol. The summed E-state index contributed by atoms with van der Waals surface area (Å²) in [4.78, 5) is 5.45. The quantitative estimate of drug-likeness (QED) is 0.431. The first-order chi connectivity index (χ1) is 14.8. The molecular formula is C26H25N3O2. The maximum atomic E-state index is 9.20. The van der Waals surface area contributed by atoms with Gasteiger partial charge < -0.3 is 14.4 Å². The Kier molecular flexibility index (Phi) is 6.48. The van der Waals surface area contributed by atoms with Gasteiger partial charge in [0.25, 0.3) is 5.70 Å². The van der Waals surface area contributed by atoms with E-state index in [1.165, 1.54) is 0 Å². The van der Waals surface area contributed by atoms with E-state index in [4.69, 9.17) is 16.0 Å². The number of ether oxygens (including phenoxy) is 2. The van der Waals surface area contributed by atoms with Crippen LogP contribution in [0.3, 0.4) is 0 Å². The molecule has 3 rings (SSSR count). The average molecular weight is 412 g/mol. The number of nitrogens with zero attached hydrogens (tertiary/aromatic N) is 3. The molecule has 2 aromatic carbocycles. The Morgan fingerprint density at radius 3 is 2.29 bits per heavy atom. The predicted octanol–water partition coefficient (Wildman–Crippen LogP) is 6.26. The van der Waals surface area contributed by atoms with Crippen LogP contribution < -0.4 is 9.64 Å². The van der Waals surface area contributed by atoms with Crippen LogP contribution in [0, 0.1) is 17.9 Å². The Morgan fingerprint density at radius 1 is 1.13 bits per heavy atom. The Balaban J connectivity index is 1.78. The summed E-state index contributed by atoms with van der Waals surface area (Å²) in [6.45, 7) is 11.1. The second-order valence-electron chi connectivity index (χ2n) is 7.86. The molecule has 0 aliphatic carbocycles. The second kappa shape index (κ2) is 9.24. The van der Waals surface area contributed by atoms with E-state index >= 15 is 0 Å². The molecule has 0 amide bonds. The molecule has 1 heterocycles. The summed E-state index contributed by atoms with van der Waals surface area (Å²) in [7, 11) is 3.68. The molecule has 0 aromatic heterocycles. The van der Waals surface area contributed by atoms with E-state index in [1.807, 2.05) is 75.5 Å². The van der Waals surface area contributed by atoms with E-state index in [9.17, 15) is 5.26 Å². The fraction of sp³-hybridized carbons (Fsp3) is 0.231. The van der Waals surface area contributed by atoms with Crippen molar-refractivity contribution in [3.63, 3.8) is 0 Å². The third-order valence-corrected chi connectivity index (χ3v) is 5.03. The van der Waals surface area contributed by atoms with Crippen LogP contribution in [0.2, 0.25) is 0 Å². The number of hydrogen-bond donors (Lipinski definition) is 0. The van der Waals surface area contributed by atoms with Gasteiger partial charge in [-0.25, -0.2) is 10.1 Å². The van der Waals surface area contributed by atoms with Gasteiger partial charge in [0.2, 0.25) is 0 Å². The zero-order chi connectivity index (χ0) is 22.4. The molecule has 1 aliphatic rings. The highest BCUT2D eigenvalue weighted by atomic mass is 16.5. The number of methoxy groups -OCH3 is 1. The molecule has 5 nitrogen and oxygen atoms in total. The van der Waals surface area contributed by atoms with E-state index < -0.39 is 5.60 Å². The van der Waals surface area contributed by atoms with Gasteiger partial charge in [-0.2, -0.15) is 0 Å². The van der Waals surface area contributed by atoms with E-state index in [0.29, 0.717) is 17.8 Å². The van der Waals surface area contributed by atoms with Gasteiger partial charge in [0.05, 0.1) is 19.8 Å². The zero-order valence-electron chi connectivity index (χ0n) is 18.2. The lowest BCUT2D eigenvalue weighted by Crippen LogP contribution is -2.27. The number of allylic oxidation sites excluding steroid dienone is 3. The van der Waals surface area contributed by atoms with E-state index in [2.05, 4.69) is 21.9 Å². The molecule has 0 atom stereocenters. The summed E-state index contributed by atoms with van der Waals surface area (Å²) in [6, 6.07) is 18.1. The fourth-order valence-electron chi connectivity index (χ4n) is 3.41. The summed E-state index contributed by atoms with van der Waals surface area (Å²) in [5, 5.41) is 9.20. The Labute approximate surface area is 184 Å². The van der Waals surface area contributed by atoms with Gasteiger partial charge in [0, 0.05) is 24.8 Å². The molecule has 156 valence electrons. The predicted molar refractivity (Wildman–Crippen MR) is 124 cm³/mol. The van der Waals surface area contributed by atoms with Gasteiger partial charge in [-0.3, -0.25) is 0 Å². The SMILES string of the molecule is [C-]#[N+]C(C#N)=C1C=C(C=Cc2ccc(N(C)c3ccc(OC)cc3)cc2)OC(C)(C)C1. The molecule has 0 radical (unpaired) electrons. The van der Waals surface area contributed by atoms with Gasteiger partial charge in [-0.15, -0.1) is 0 Å². The van der Waals surface area contributed by atoms with Gasteiger partial charge in [-0.1, -0.05) is 18.2 Å². The number of nitriles is 1. The summed E-state index contributed by atoms with van der Waals surface area (Å²) in [6.07, 6.45) is 6.15. The highest BCUT2D eigenvalue weighted by Crippen LogP contribution is 2.33. The van der Waals surface area contributed by atoms with Crippen molar-refractivity contribution in [3.8, 4) is 11.8 Å². The Morgan fingerprint density at radius 2 is 1.74 bits per heavy atom. The minimum atomic E-state index is -0.471. The first-order valence-electron chi connectivity index (χ1n) is 9.92. The molecule has 0 unspecified atom stereocenters. The van der Waals surface area contributed by atoms with Crippen LogP contribution in [0.1, 0.15) is 25.8 Å². The smallest absolute Gasteiger partial charge is 0.265 e. The fourth-order valence-corrected chi connectivity index (χ4v) is 3.41. The first-order valence-corrected chi connectivity index (χ1v) is 9.92. The number of hydrogen-bond acceptors (Lipinski definition) is 4. The molecule has 0 bridgehead atoms. The molecule has 0 saturated carbocycles. The molecule has 1 aliphatic heterocycles. The van der Waals surface area contributed by atoms with Crippen LogP contribution in [0.4, 0.5) is 11.4 Å². The molecule has 5 heteroatoms. The van der Waals surface area contributed by atoms with Crippen LogP contribution in [0.5, 0.6) is 5.75 Å². The number of benzene rings is 2. The molecule has 0 spiro atoms. The van der Waals surface area contributed by atoms with Crippen molar-refractivity contribution < 1.29 is 9.47 Å². The van der Waals surface area contributed by atoms with Crippen LogP contribution >= 0.6 is 0 Å². The van der Waals surface area contributed by atoms with Crippen molar-refractivity contribution >= 4 is 17.5 Å². The van der Waals surface area contributed by atoms with Gasteiger partial charge in [0.15, 0.2) is 0 Å². The molecule has 0 saturated heterocycles. The van der Waals surface area contributed by atoms with Crippen LogP contribution in [0.25, 0.3) is 10.9 Å². The van der Waals surface area contributed by atoms with Gasteiger partial charge in [0.1, 0.15) is 17.1 Å². The third kappa shape index (κ3) is 5.35. The van der Waals surface area contributed by atoms with Crippen LogP contribution in [-0.4, -0.2) is 19.8 Å². The molecule has 2 aromatic rings.